The van der Waals surface area contributed by atoms with Crippen molar-refractivity contribution in [3.63, 3.8) is 0 Å². The van der Waals surface area contributed by atoms with E-state index in [1.54, 1.807) is 0 Å². The average molecular weight is 636 g/mol. The van der Waals surface area contributed by atoms with Crippen LogP contribution in [0.15, 0.2) is 48.5 Å². The lowest BCUT2D eigenvalue weighted by Gasteiger charge is -2.15. The Labute approximate surface area is 263 Å². The Morgan fingerprint density at radius 3 is 1.48 bits per heavy atom. The zero-order chi connectivity index (χ0) is 30.8. The molecule has 0 N–H and O–H groups in total. The molecule has 2 fully saturated rings. The van der Waals surface area contributed by atoms with E-state index < -0.39 is 11.9 Å². The minimum atomic E-state index is -0.723. The van der Waals surface area contributed by atoms with Crippen LogP contribution in [0.2, 0.25) is 10.3 Å². The molecule has 2 aliphatic rings. The summed E-state index contributed by atoms with van der Waals surface area (Å²) in [6.45, 7) is 3.85. The molecular weight excluding hydrogens is 607 g/mol. The molecule has 0 amide bonds. The number of esters is 2. The van der Waals surface area contributed by atoms with Gasteiger partial charge >= 0.3 is 11.9 Å². The van der Waals surface area contributed by atoms with Gasteiger partial charge in [0.25, 0.3) is 11.8 Å². The number of carbonyl (C=O) groups excluding carboxylic acids is 2. The maximum Gasteiger partial charge on any atom is 0.311 e. The highest BCUT2D eigenvalue weighted by Crippen LogP contribution is 2.48. The summed E-state index contributed by atoms with van der Waals surface area (Å²) in [5, 5.41) is 15.7. The van der Waals surface area contributed by atoms with Crippen molar-refractivity contribution < 1.29 is 28.5 Å². The molecule has 226 valence electrons. The van der Waals surface area contributed by atoms with Crippen molar-refractivity contribution in [2.75, 3.05) is 0 Å². The monoisotopic (exact) mass is 634 g/mol. The smallest absolute Gasteiger partial charge is 0.311 e. The van der Waals surface area contributed by atoms with E-state index in [0.717, 1.165) is 47.9 Å². The summed E-state index contributed by atoms with van der Waals surface area (Å²) in [4.78, 5) is 25.6. The molecule has 12 heteroatoms. The third-order valence-corrected chi connectivity index (χ3v) is 7.66. The Kier molecular flexibility index (Phi) is 8.63. The first-order valence-electron chi connectivity index (χ1n) is 14.3. The number of para-hydroxylation sites is 2. The summed E-state index contributed by atoms with van der Waals surface area (Å²) in [6.07, 6.45) is 3.70. The minimum Gasteiger partial charge on any atom is -0.434 e. The third kappa shape index (κ3) is 7.09. The Balaban J connectivity index is 1.11. The lowest BCUT2D eigenvalue weighted by Crippen LogP contribution is -2.15. The highest BCUT2D eigenvalue weighted by atomic mass is 35.5. The second-order valence-corrected chi connectivity index (χ2v) is 11.6. The first-order chi connectivity index (χ1) is 21.2. The van der Waals surface area contributed by atoms with E-state index in [4.69, 9.17) is 42.1 Å². The van der Waals surface area contributed by atoms with Crippen molar-refractivity contribution in [3.8, 4) is 34.8 Å². The molecule has 0 atom stereocenters. The number of ether oxygens (including phenoxy) is 4. The van der Waals surface area contributed by atoms with Gasteiger partial charge in [0.15, 0.2) is 21.8 Å². The molecule has 0 saturated heterocycles. The molecule has 4 aromatic rings. The molecule has 2 saturated carbocycles. The van der Waals surface area contributed by atoms with Crippen molar-refractivity contribution >= 4 is 35.1 Å². The van der Waals surface area contributed by atoms with Crippen LogP contribution < -0.4 is 18.9 Å². The van der Waals surface area contributed by atoms with Gasteiger partial charge in [-0.1, -0.05) is 59.6 Å². The number of aryl methyl sites for hydroxylation is 2. The van der Waals surface area contributed by atoms with Gasteiger partial charge in [0.2, 0.25) is 0 Å². The zero-order valence-electron chi connectivity index (χ0n) is 24.0. The topological polar surface area (TPSA) is 123 Å². The largest absolute Gasteiger partial charge is 0.434 e. The molecule has 6 rings (SSSR count). The Hall–Kier alpha value is -4.28. The molecule has 2 aromatic carbocycles. The van der Waals surface area contributed by atoms with E-state index in [0.29, 0.717) is 23.3 Å². The number of carbonyl (C=O) groups is 2. The molecule has 0 radical (unpaired) electrons. The second kappa shape index (κ2) is 12.8. The minimum absolute atomic E-state index is 0.0115. The summed E-state index contributed by atoms with van der Waals surface area (Å²) in [7, 11) is 0. The average Bonchev–Trinajstić information content (AvgIpc) is 3.91. The first-order valence-corrected chi connectivity index (χ1v) is 15.0. The highest BCUT2D eigenvalue weighted by Gasteiger charge is 2.30. The summed E-state index contributed by atoms with van der Waals surface area (Å²) < 4.78 is 23.2. The fourth-order valence-corrected chi connectivity index (χ4v) is 5.05. The van der Waals surface area contributed by atoms with E-state index in [1.165, 1.54) is 12.1 Å². The van der Waals surface area contributed by atoms with Crippen LogP contribution in [0.3, 0.4) is 0 Å². The van der Waals surface area contributed by atoms with Crippen LogP contribution in [0.1, 0.15) is 72.6 Å². The highest BCUT2D eigenvalue weighted by molar-refractivity contribution is 6.29. The first kappa shape index (κ1) is 29.8. The molecule has 0 unspecified atom stereocenters. The SMILES string of the molecule is Cc1cccc(C2CC2)c1Oc1nnc(Cl)cc1OC(=O)CCC(=O)Oc1cc(Cl)nnc1Oc1c(C)cccc1C1CC1. The summed E-state index contributed by atoms with van der Waals surface area (Å²) in [6, 6.07) is 14.5. The van der Waals surface area contributed by atoms with Crippen molar-refractivity contribution in [2.24, 2.45) is 0 Å². The number of rotatable bonds is 11. The van der Waals surface area contributed by atoms with Crippen LogP contribution in [0.4, 0.5) is 0 Å². The number of aromatic nitrogens is 4. The van der Waals surface area contributed by atoms with Gasteiger partial charge in [-0.2, -0.15) is 0 Å². The molecule has 0 aliphatic heterocycles. The van der Waals surface area contributed by atoms with Crippen molar-refractivity contribution in [3.05, 3.63) is 81.1 Å². The van der Waals surface area contributed by atoms with Gasteiger partial charge in [0, 0.05) is 12.1 Å². The van der Waals surface area contributed by atoms with Crippen LogP contribution in [0, 0.1) is 13.8 Å². The predicted molar refractivity (Wildman–Crippen MR) is 161 cm³/mol. The number of halogens is 2. The van der Waals surface area contributed by atoms with Crippen LogP contribution in [-0.4, -0.2) is 32.3 Å². The van der Waals surface area contributed by atoms with Crippen molar-refractivity contribution in [1.82, 2.24) is 20.4 Å². The van der Waals surface area contributed by atoms with Crippen LogP contribution in [0.25, 0.3) is 0 Å². The number of hydrogen-bond acceptors (Lipinski definition) is 10. The summed E-state index contributed by atoms with van der Waals surface area (Å²) >= 11 is 12.1. The Bertz CT molecular complexity index is 1620. The number of nitrogens with zero attached hydrogens (tertiary/aromatic N) is 4. The van der Waals surface area contributed by atoms with Gasteiger partial charge in [-0.3, -0.25) is 9.59 Å². The van der Waals surface area contributed by atoms with Crippen LogP contribution in [-0.2, 0) is 9.59 Å². The molecule has 2 aliphatic carbocycles. The quantitative estimate of drug-likeness (QED) is 0.151. The lowest BCUT2D eigenvalue weighted by molar-refractivity contribution is -0.140. The maximum atomic E-state index is 12.8. The molecule has 0 spiro atoms. The molecule has 0 bridgehead atoms. The zero-order valence-corrected chi connectivity index (χ0v) is 25.5. The van der Waals surface area contributed by atoms with Gasteiger partial charge in [-0.25, -0.2) is 0 Å². The molecule has 2 heterocycles. The molecule has 44 heavy (non-hydrogen) atoms. The van der Waals surface area contributed by atoms with Gasteiger partial charge < -0.3 is 18.9 Å². The Morgan fingerprint density at radius 1 is 0.682 bits per heavy atom. The van der Waals surface area contributed by atoms with Gasteiger partial charge in [-0.05, 0) is 73.6 Å². The van der Waals surface area contributed by atoms with E-state index in [1.807, 2.05) is 50.2 Å². The van der Waals surface area contributed by atoms with Crippen LogP contribution >= 0.6 is 23.2 Å². The molecule has 2 aromatic heterocycles. The number of hydrogen-bond donors (Lipinski definition) is 0. The molecular formula is C32H28Cl2N4O6. The summed E-state index contributed by atoms with van der Waals surface area (Å²) in [5.41, 5.74) is 3.93. The number of benzene rings is 2. The van der Waals surface area contributed by atoms with E-state index >= 15 is 0 Å². The van der Waals surface area contributed by atoms with Crippen LogP contribution in [0.5, 0.6) is 34.8 Å². The van der Waals surface area contributed by atoms with Gasteiger partial charge in [0.05, 0.1) is 12.8 Å². The lowest BCUT2D eigenvalue weighted by atomic mass is 10.1. The fourth-order valence-electron chi connectivity index (χ4n) is 4.78. The van der Waals surface area contributed by atoms with E-state index in [2.05, 4.69) is 20.4 Å². The fraction of sp³-hybridized carbons (Fsp3) is 0.312. The van der Waals surface area contributed by atoms with Gasteiger partial charge in [0.1, 0.15) is 11.5 Å². The second-order valence-electron chi connectivity index (χ2n) is 10.9. The summed E-state index contributed by atoms with van der Waals surface area (Å²) in [5.74, 6) is 0.614. The van der Waals surface area contributed by atoms with Gasteiger partial charge in [-0.15, -0.1) is 20.4 Å². The standard InChI is InChI=1S/C32H28Cl2N4O6/c1-17-5-3-7-21(19-9-10-19)29(17)43-31-23(15-25(33)35-37-31)41-27(39)13-14-28(40)42-24-16-26(34)36-38-32(24)44-30-18(2)6-4-8-22(30)20-11-12-20/h3-8,15-16,19-20H,9-14H2,1-2H3. The predicted octanol–water partition coefficient (Wildman–Crippen LogP) is 7.82. The normalized spacial score (nSPS) is 14.2. The van der Waals surface area contributed by atoms with E-state index in [-0.39, 0.29) is 46.4 Å². The van der Waals surface area contributed by atoms with Crippen molar-refractivity contribution in [1.29, 1.82) is 0 Å². The van der Waals surface area contributed by atoms with Crippen molar-refractivity contribution in [2.45, 2.75) is 64.2 Å². The Morgan fingerprint density at radius 2 is 1.09 bits per heavy atom. The maximum absolute atomic E-state index is 12.8. The van der Waals surface area contributed by atoms with E-state index in [9.17, 15) is 9.59 Å². The molecule has 10 nitrogen and oxygen atoms in total. The third-order valence-electron chi connectivity index (χ3n) is 7.29.